The number of hydrogen-bond donors (Lipinski definition) is 3. The van der Waals surface area contributed by atoms with Gasteiger partial charge in [0.1, 0.15) is 11.4 Å². The second-order valence-corrected chi connectivity index (χ2v) is 8.06. The number of hydrogen-bond acceptors (Lipinski definition) is 6. The minimum absolute atomic E-state index is 0.224. The van der Waals surface area contributed by atoms with E-state index in [0.717, 1.165) is 33.6 Å². The van der Waals surface area contributed by atoms with Crippen molar-refractivity contribution < 1.29 is 5.21 Å². The first-order valence-electron chi connectivity index (χ1n) is 11.3. The van der Waals surface area contributed by atoms with E-state index in [9.17, 15) is 5.21 Å². The lowest BCUT2D eigenvalue weighted by atomic mass is 9.98. The molecule has 4 aromatic carbocycles. The maximum absolute atomic E-state index is 10.2. The first-order chi connectivity index (χ1) is 17.1. The summed E-state index contributed by atoms with van der Waals surface area (Å²) in [5.74, 6) is 0. The average Bonchev–Trinajstić information content (AvgIpc) is 2.91. The molecular formula is C29H27N5O. The number of nitrogens with one attached hydrogen (secondary N) is 2. The molecule has 0 aliphatic heterocycles. The van der Waals surface area contributed by atoms with Crippen LogP contribution in [0.1, 0.15) is 22.3 Å². The SMILES string of the molecule is Cc1ccc(N/N=C(\C(=NO)/C(=N\Nc2ccc(C)cc2)c2ccccc2)c2ccccc2)cc1. The molecule has 3 N–H and O–H groups in total. The Morgan fingerprint density at radius 2 is 0.914 bits per heavy atom. The van der Waals surface area contributed by atoms with Gasteiger partial charge in [0, 0.05) is 11.1 Å². The van der Waals surface area contributed by atoms with Crippen LogP contribution in [-0.4, -0.2) is 22.3 Å². The van der Waals surface area contributed by atoms with Gasteiger partial charge in [0.15, 0.2) is 5.71 Å². The molecule has 6 nitrogen and oxygen atoms in total. The van der Waals surface area contributed by atoms with Crippen molar-refractivity contribution in [2.75, 3.05) is 10.9 Å². The molecule has 6 heteroatoms. The van der Waals surface area contributed by atoms with Gasteiger partial charge in [-0.2, -0.15) is 10.2 Å². The van der Waals surface area contributed by atoms with Gasteiger partial charge in [-0.05, 0) is 38.1 Å². The zero-order chi connectivity index (χ0) is 24.5. The predicted molar refractivity (Wildman–Crippen MR) is 145 cm³/mol. The Morgan fingerprint density at radius 1 is 0.543 bits per heavy atom. The van der Waals surface area contributed by atoms with E-state index in [4.69, 9.17) is 0 Å². The molecule has 0 saturated carbocycles. The standard InChI is InChI=1S/C29H27N5O/c1-21-13-17-25(18-14-21)30-32-27(23-9-5-3-6-10-23)29(34-35)28(24-11-7-4-8-12-24)33-31-26-19-15-22(2)16-20-26/h3-20,30-31,35H,1-2H3/b32-27-,33-28-. The summed E-state index contributed by atoms with van der Waals surface area (Å²) in [5, 5.41) is 23.2. The fraction of sp³-hybridized carbons (Fsp3) is 0.0690. The van der Waals surface area contributed by atoms with Gasteiger partial charge < -0.3 is 5.21 Å². The molecule has 4 aromatic rings. The molecule has 0 heterocycles. The normalized spacial score (nSPS) is 11.6. The van der Waals surface area contributed by atoms with E-state index in [1.807, 2.05) is 123 Å². The molecule has 4 rings (SSSR count). The third-order valence-corrected chi connectivity index (χ3v) is 5.34. The molecule has 0 atom stereocenters. The summed E-state index contributed by atoms with van der Waals surface area (Å²) in [7, 11) is 0. The number of aryl methyl sites for hydroxylation is 2. The van der Waals surface area contributed by atoms with Crippen molar-refractivity contribution in [3.05, 3.63) is 131 Å². The molecule has 174 valence electrons. The number of hydrazone groups is 2. The van der Waals surface area contributed by atoms with E-state index in [2.05, 4.69) is 26.2 Å². The monoisotopic (exact) mass is 461 g/mol. The number of benzene rings is 4. The largest absolute Gasteiger partial charge is 0.410 e. The van der Waals surface area contributed by atoms with Crippen LogP contribution in [0.2, 0.25) is 0 Å². The summed E-state index contributed by atoms with van der Waals surface area (Å²) in [6.45, 7) is 4.06. The molecule has 0 aliphatic rings. The Hall–Kier alpha value is -4.71. The highest BCUT2D eigenvalue weighted by molar-refractivity contribution is 6.74. The van der Waals surface area contributed by atoms with Gasteiger partial charge in [0.2, 0.25) is 0 Å². The molecular weight excluding hydrogens is 434 g/mol. The highest BCUT2D eigenvalue weighted by atomic mass is 16.4. The van der Waals surface area contributed by atoms with Crippen LogP contribution < -0.4 is 10.9 Å². The molecule has 0 spiro atoms. The summed E-state index contributed by atoms with van der Waals surface area (Å²) in [4.78, 5) is 0. The van der Waals surface area contributed by atoms with Crippen molar-refractivity contribution in [2.45, 2.75) is 13.8 Å². The third-order valence-electron chi connectivity index (χ3n) is 5.34. The molecule has 0 radical (unpaired) electrons. The summed E-state index contributed by atoms with van der Waals surface area (Å²) in [6.07, 6.45) is 0. The fourth-order valence-corrected chi connectivity index (χ4v) is 3.40. The van der Waals surface area contributed by atoms with Crippen LogP contribution in [0, 0.1) is 13.8 Å². The molecule has 0 aromatic heterocycles. The molecule has 0 saturated heterocycles. The highest BCUT2D eigenvalue weighted by Gasteiger charge is 2.21. The van der Waals surface area contributed by atoms with Gasteiger partial charge in [-0.25, -0.2) is 0 Å². The molecule has 0 aliphatic carbocycles. The third kappa shape index (κ3) is 6.21. The van der Waals surface area contributed by atoms with Crippen LogP contribution in [0.5, 0.6) is 0 Å². The van der Waals surface area contributed by atoms with Crippen LogP contribution in [-0.2, 0) is 0 Å². The second kappa shape index (κ2) is 11.4. The molecule has 0 fully saturated rings. The van der Waals surface area contributed by atoms with E-state index in [1.165, 1.54) is 0 Å². The number of anilines is 2. The minimum Gasteiger partial charge on any atom is -0.410 e. The van der Waals surface area contributed by atoms with Crippen molar-refractivity contribution >= 4 is 28.5 Å². The second-order valence-electron chi connectivity index (χ2n) is 8.06. The van der Waals surface area contributed by atoms with Crippen molar-refractivity contribution in [3.63, 3.8) is 0 Å². The minimum atomic E-state index is 0.224. The summed E-state index contributed by atoms with van der Waals surface area (Å²) < 4.78 is 0. The number of rotatable bonds is 8. The Labute approximate surface area is 205 Å². The van der Waals surface area contributed by atoms with Gasteiger partial charge in [0.05, 0.1) is 11.4 Å². The molecule has 0 amide bonds. The van der Waals surface area contributed by atoms with Crippen molar-refractivity contribution in [1.29, 1.82) is 0 Å². The quantitative estimate of drug-likeness (QED) is 0.160. The van der Waals surface area contributed by atoms with Gasteiger partial charge in [0.25, 0.3) is 0 Å². The Morgan fingerprint density at radius 3 is 1.26 bits per heavy atom. The fourth-order valence-electron chi connectivity index (χ4n) is 3.40. The highest BCUT2D eigenvalue weighted by Crippen LogP contribution is 2.14. The summed E-state index contributed by atoms with van der Waals surface area (Å²) in [5.41, 5.74) is 12.8. The lowest BCUT2D eigenvalue weighted by molar-refractivity contribution is 0.321. The maximum atomic E-state index is 10.2. The summed E-state index contributed by atoms with van der Waals surface area (Å²) in [6, 6.07) is 35.0. The van der Waals surface area contributed by atoms with Crippen LogP contribution >= 0.6 is 0 Å². The average molecular weight is 462 g/mol. The summed E-state index contributed by atoms with van der Waals surface area (Å²) >= 11 is 0. The molecule has 35 heavy (non-hydrogen) atoms. The van der Waals surface area contributed by atoms with E-state index in [1.54, 1.807) is 0 Å². The number of nitrogens with zero attached hydrogens (tertiary/aromatic N) is 3. The van der Waals surface area contributed by atoms with Crippen molar-refractivity contribution in [3.8, 4) is 0 Å². The predicted octanol–water partition coefficient (Wildman–Crippen LogP) is 6.47. The van der Waals surface area contributed by atoms with E-state index < -0.39 is 0 Å². The Balaban J connectivity index is 1.78. The van der Waals surface area contributed by atoms with Gasteiger partial charge in [-0.1, -0.05) is 101 Å². The first kappa shape index (κ1) is 23.4. The lowest BCUT2D eigenvalue weighted by Crippen LogP contribution is -2.28. The van der Waals surface area contributed by atoms with Crippen LogP contribution in [0.4, 0.5) is 11.4 Å². The van der Waals surface area contributed by atoms with E-state index in [-0.39, 0.29) is 5.71 Å². The number of oxime groups is 1. The van der Waals surface area contributed by atoms with Gasteiger partial charge in [-0.3, -0.25) is 10.9 Å². The van der Waals surface area contributed by atoms with E-state index >= 15 is 0 Å². The molecule has 0 unspecified atom stereocenters. The topological polar surface area (TPSA) is 81.4 Å². The first-order valence-corrected chi connectivity index (χ1v) is 11.3. The zero-order valence-corrected chi connectivity index (χ0v) is 19.7. The zero-order valence-electron chi connectivity index (χ0n) is 19.7. The lowest BCUT2D eigenvalue weighted by Gasteiger charge is -2.13. The van der Waals surface area contributed by atoms with Crippen LogP contribution in [0.3, 0.4) is 0 Å². The van der Waals surface area contributed by atoms with Gasteiger partial charge >= 0.3 is 0 Å². The Kier molecular flexibility index (Phi) is 7.66. The molecule has 0 bridgehead atoms. The van der Waals surface area contributed by atoms with Crippen molar-refractivity contribution in [2.24, 2.45) is 15.4 Å². The van der Waals surface area contributed by atoms with Crippen LogP contribution in [0.15, 0.2) is 125 Å². The maximum Gasteiger partial charge on any atom is 0.158 e. The van der Waals surface area contributed by atoms with Gasteiger partial charge in [-0.15, -0.1) is 0 Å². The van der Waals surface area contributed by atoms with Crippen LogP contribution in [0.25, 0.3) is 0 Å². The smallest absolute Gasteiger partial charge is 0.158 e. The van der Waals surface area contributed by atoms with E-state index in [0.29, 0.717) is 11.4 Å². The Bertz CT molecular complexity index is 1220. The van der Waals surface area contributed by atoms with Crippen molar-refractivity contribution in [1.82, 2.24) is 0 Å².